The summed E-state index contributed by atoms with van der Waals surface area (Å²) in [4.78, 5) is 19.7. The Labute approximate surface area is 98.5 Å². The first-order chi connectivity index (χ1) is 8.24. The third kappa shape index (κ3) is 2.08. The molecule has 1 aliphatic heterocycles. The maximum atomic E-state index is 11.2. The Bertz CT molecular complexity index is 471. The first kappa shape index (κ1) is 10.5. The minimum Gasteiger partial charge on any atom is -0.476 e. The summed E-state index contributed by atoms with van der Waals surface area (Å²) in [5.41, 5.74) is 1.72. The van der Waals surface area contributed by atoms with Crippen LogP contribution in [0.25, 0.3) is 0 Å². The van der Waals surface area contributed by atoms with Crippen LogP contribution in [0.2, 0.25) is 0 Å². The maximum Gasteiger partial charge on any atom is 0.355 e. The van der Waals surface area contributed by atoms with Gasteiger partial charge in [0.2, 0.25) is 5.95 Å². The number of aromatic nitrogens is 2. The molecule has 0 radical (unpaired) electrons. The van der Waals surface area contributed by atoms with Gasteiger partial charge in [-0.15, -0.1) is 0 Å². The summed E-state index contributed by atoms with van der Waals surface area (Å²) in [6.45, 7) is 1.38. The Hall–Kier alpha value is -1.69. The van der Waals surface area contributed by atoms with Gasteiger partial charge in [0.15, 0.2) is 5.69 Å². The van der Waals surface area contributed by atoms with E-state index in [1.807, 2.05) is 0 Å². The van der Waals surface area contributed by atoms with E-state index in [4.69, 9.17) is 5.11 Å². The van der Waals surface area contributed by atoms with Crippen molar-refractivity contribution >= 4 is 11.9 Å². The summed E-state index contributed by atoms with van der Waals surface area (Å²) >= 11 is 0. The highest BCUT2D eigenvalue weighted by Gasteiger charge is 2.25. The van der Waals surface area contributed by atoms with E-state index in [2.05, 4.69) is 20.6 Å². The molecular formula is C11H14N4O2. The number of hydrogen-bond acceptors (Lipinski definition) is 5. The average molecular weight is 234 g/mol. The molecule has 1 saturated carbocycles. The summed E-state index contributed by atoms with van der Waals surface area (Å²) in [5, 5.41) is 15.5. The molecule has 0 saturated heterocycles. The lowest BCUT2D eigenvalue weighted by atomic mass is 10.1. The van der Waals surface area contributed by atoms with Crippen molar-refractivity contribution in [1.82, 2.24) is 15.3 Å². The van der Waals surface area contributed by atoms with E-state index in [1.54, 1.807) is 0 Å². The minimum absolute atomic E-state index is 0.130. The third-order valence-electron chi connectivity index (χ3n) is 3.05. The Morgan fingerprint density at radius 2 is 2.24 bits per heavy atom. The predicted molar refractivity (Wildman–Crippen MR) is 61.0 cm³/mol. The van der Waals surface area contributed by atoms with Gasteiger partial charge in [0.05, 0.1) is 5.69 Å². The van der Waals surface area contributed by atoms with Gasteiger partial charge in [0.25, 0.3) is 0 Å². The normalized spacial score (nSPS) is 18.6. The summed E-state index contributed by atoms with van der Waals surface area (Å²) in [6.07, 6.45) is 2.99. The van der Waals surface area contributed by atoms with Crippen LogP contribution in [0.4, 0.5) is 5.95 Å². The Morgan fingerprint density at radius 1 is 1.41 bits per heavy atom. The van der Waals surface area contributed by atoms with Crippen LogP contribution in [0.3, 0.4) is 0 Å². The second-order valence-corrected chi connectivity index (χ2v) is 4.47. The van der Waals surface area contributed by atoms with Gasteiger partial charge in [-0.05, 0) is 12.8 Å². The fraction of sp³-hybridized carbons (Fsp3) is 0.545. The van der Waals surface area contributed by atoms with E-state index < -0.39 is 5.97 Å². The number of carboxylic acid groups (broad SMARTS) is 1. The maximum absolute atomic E-state index is 11.2. The number of hydrogen-bond donors (Lipinski definition) is 3. The quantitative estimate of drug-likeness (QED) is 0.701. The van der Waals surface area contributed by atoms with Crippen LogP contribution in [0, 0.1) is 0 Å². The zero-order chi connectivity index (χ0) is 11.8. The van der Waals surface area contributed by atoms with Crippen LogP contribution < -0.4 is 10.6 Å². The molecule has 0 spiro atoms. The number of aromatic carboxylic acids is 1. The highest BCUT2D eigenvalue weighted by molar-refractivity contribution is 5.87. The molecule has 1 aliphatic carbocycles. The summed E-state index contributed by atoms with van der Waals surface area (Å²) in [7, 11) is 0. The fourth-order valence-corrected chi connectivity index (χ4v) is 1.99. The monoisotopic (exact) mass is 234 g/mol. The molecule has 6 nitrogen and oxygen atoms in total. The standard InChI is InChI=1S/C11H14N4O2/c16-10(17)9-7-5-12-4-3-8(7)14-11(15-9)13-6-1-2-6/h6,12H,1-5H2,(H,16,17)(H,13,14,15). The zero-order valence-electron chi connectivity index (χ0n) is 9.36. The van der Waals surface area contributed by atoms with Crippen molar-refractivity contribution in [1.29, 1.82) is 0 Å². The molecule has 3 rings (SSSR count). The molecule has 0 unspecified atom stereocenters. The molecule has 90 valence electrons. The molecule has 1 aromatic heterocycles. The SMILES string of the molecule is O=C(O)c1nc(NC2CC2)nc2c1CNCC2. The van der Waals surface area contributed by atoms with Crippen molar-refractivity contribution in [2.45, 2.75) is 31.8 Å². The average Bonchev–Trinajstić information content (AvgIpc) is 3.11. The van der Waals surface area contributed by atoms with Crippen molar-refractivity contribution in [3.05, 3.63) is 17.0 Å². The van der Waals surface area contributed by atoms with E-state index in [0.29, 0.717) is 18.5 Å². The first-order valence-electron chi connectivity index (χ1n) is 5.84. The molecule has 6 heteroatoms. The lowest BCUT2D eigenvalue weighted by molar-refractivity contribution is 0.0688. The van der Waals surface area contributed by atoms with Crippen molar-refractivity contribution in [2.24, 2.45) is 0 Å². The van der Waals surface area contributed by atoms with Gasteiger partial charge in [-0.2, -0.15) is 0 Å². The summed E-state index contributed by atoms with van der Waals surface area (Å²) < 4.78 is 0. The number of nitrogens with zero attached hydrogens (tertiary/aromatic N) is 2. The lowest BCUT2D eigenvalue weighted by Crippen LogP contribution is -2.28. The zero-order valence-corrected chi connectivity index (χ0v) is 9.36. The van der Waals surface area contributed by atoms with Crippen molar-refractivity contribution in [2.75, 3.05) is 11.9 Å². The molecule has 1 aromatic rings. The van der Waals surface area contributed by atoms with Crippen LogP contribution in [0.15, 0.2) is 0 Å². The molecule has 0 aromatic carbocycles. The van der Waals surface area contributed by atoms with Crippen molar-refractivity contribution < 1.29 is 9.90 Å². The Kier molecular flexibility index (Phi) is 2.44. The Morgan fingerprint density at radius 3 is 2.94 bits per heavy atom. The van der Waals surface area contributed by atoms with Gasteiger partial charge in [0, 0.05) is 31.1 Å². The van der Waals surface area contributed by atoms with E-state index in [1.165, 1.54) is 0 Å². The smallest absolute Gasteiger partial charge is 0.355 e. The number of nitrogens with one attached hydrogen (secondary N) is 2. The summed E-state index contributed by atoms with van der Waals surface area (Å²) in [6, 6.07) is 0.427. The molecule has 2 heterocycles. The van der Waals surface area contributed by atoms with Crippen LogP contribution >= 0.6 is 0 Å². The molecule has 2 aliphatic rings. The van der Waals surface area contributed by atoms with Crippen LogP contribution in [0.1, 0.15) is 34.6 Å². The number of carbonyl (C=O) groups is 1. The van der Waals surface area contributed by atoms with Gasteiger partial charge in [-0.3, -0.25) is 0 Å². The fourth-order valence-electron chi connectivity index (χ4n) is 1.99. The predicted octanol–water partition coefficient (Wildman–Crippen LogP) is 0.395. The molecule has 0 amide bonds. The van der Waals surface area contributed by atoms with Gasteiger partial charge in [-0.1, -0.05) is 0 Å². The minimum atomic E-state index is -0.980. The lowest BCUT2D eigenvalue weighted by Gasteiger charge is -2.18. The van der Waals surface area contributed by atoms with E-state index in [-0.39, 0.29) is 5.69 Å². The van der Waals surface area contributed by atoms with Crippen LogP contribution in [-0.2, 0) is 13.0 Å². The van der Waals surface area contributed by atoms with E-state index >= 15 is 0 Å². The number of rotatable bonds is 3. The molecular weight excluding hydrogens is 220 g/mol. The molecule has 0 atom stereocenters. The summed E-state index contributed by atoms with van der Waals surface area (Å²) in [5.74, 6) is -0.517. The van der Waals surface area contributed by atoms with Gasteiger partial charge >= 0.3 is 5.97 Å². The second-order valence-electron chi connectivity index (χ2n) is 4.47. The molecule has 3 N–H and O–H groups in total. The largest absolute Gasteiger partial charge is 0.476 e. The Balaban J connectivity index is 2.00. The van der Waals surface area contributed by atoms with Gasteiger partial charge in [0.1, 0.15) is 0 Å². The number of fused-ring (bicyclic) bond motifs is 1. The van der Waals surface area contributed by atoms with Crippen molar-refractivity contribution in [3.8, 4) is 0 Å². The highest BCUT2D eigenvalue weighted by atomic mass is 16.4. The first-order valence-corrected chi connectivity index (χ1v) is 5.84. The van der Waals surface area contributed by atoms with Crippen LogP contribution in [0.5, 0.6) is 0 Å². The second kappa shape index (κ2) is 3.96. The van der Waals surface area contributed by atoms with Crippen LogP contribution in [-0.4, -0.2) is 33.6 Å². The van der Waals surface area contributed by atoms with Gasteiger partial charge in [-0.25, -0.2) is 14.8 Å². The van der Waals surface area contributed by atoms with Gasteiger partial charge < -0.3 is 15.7 Å². The third-order valence-corrected chi connectivity index (χ3v) is 3.05. The van der Waals surface area contributed by atoms with Crippen molar-refractivity contribution in [3.63, 3.8) is 0 Å². The number of anilines is 1. The van der Waals surface area contributed by atoms with E-state index in [0.717, 1.165) is 37.1 Å². The number of carboxylic acids is 1. The molecule has 0 bridgehead atoms. The molecule has 17 heavy (non-hydrogen) atoms. The highest BCUT2D eigenvalue weighted by Crippen LogP contribution is 2.24. The van der Waals surface area contributed by atoms with E-state index in [9.17, 15) is 4.79 Å². The topological polar surface area (TPSA) is 87.1 Å². The molecule has 1 fully saturated rings.